The van der Waals surface area contributed by atoms with Crippen LogP contribution in [0.3, 0.4) is 0 Å². The Labute approximate surface area is 230 Å². The molecule has 0 radical (unpaired) electrons. The number of likely N-dealkylation sites (tertiary alicyclic amines) is 1. The van der Waals surface area contributed by atoms with Crippen LogP contribution in [0, 0.1) is 5.41 Å². The molecule has 1 saturated carbocycles. The fourth-order valence-corrected chi connectivity index (χ4v) is 7.46. The van der Waals surface area contributed by atoms with E-state index in [1.165, 1.54) is 6.42 Å². The Hall–Kier alpha value is -2.91. The first-order valence-electron chi connectivity index (χ1n) is 14.8. The first-order valence-corrected chi connectivity index (χ1v) is 14.8. The number of piperazine rings is 1. The van der Waals surface area contributed by atoms with E-state index in [4.69, 9.17) is 0 Å². The van der Waals surface area contributed by atoms with Crippen molar-refractivity contribution in [2.75, 3.05) is 50.7 Å². The summed E-state index contributed by atoms with van der Waals surface area (Å²) in [6.45, 7) is 5.29. The van der Waals surface area contributed by atoms with E-state index in [0.717, 1.165) is 76.1 Å². The van der Waals surface area contributed by atoms with Gasteiger partial charge in [0, 0.05) is 57.3 Å². The van der Waals surface area contributed by atoms with Crippen LogP contribution in [-0.4, -0.2) is 81.9 Å². The van der Waals surface area contributed by atoms with E-state index in [0.29, 0.717) is 26.1 Å². The lowest BCUT2D eigenvalue weighted by atomic mass is 9.66. The summed E-state index contributed by atoms with van der Waals surface area (Å²) in [6.07, 6.45) is 9.36. The fourth-order valence-electron chi connectivity index (χ4n) is 7.46. The zero-order chi connectivity index (χ0) is 26.9. The molecule has 1 aromatic carbocycles. The van der Waals surface area contributed by atoms with Crippen LogP contribution in [-0.2, 0) is 6.54 Å². The molecule has 2 aromatic rings. The number of aliphatic hydroxyl groups is 1. The van der Waals surface area contributed by atoms with Crippen molar-refractivity contribution in [1.29, 1.82) is 0 Å². The van der Waals surface area contributed by atoms with Crippen molar-refractivity contribution in [1.82, 2.24) is 24.7 Å². The minimum atomic E-state index is -1.05. The third-order valence-electron chi connectivity index (χ3n) is 9.76. The van der Waals surface area contributed by atoms with Gasteiger partial charge in [-0.05, 0) is 44.1 Å². The maximum Gasteiger partial charge on any atom is 0.320 e. The highest BCUT2D eigenvalue weighted by Gasteiger charge is 2.56. The fraction of sp³-hybridized carbons (Fsp3) is 0.633. The molecule has 3 aliphatic heterocycles. The maximum atomic E-state index is 14.0. The number of hydrogen-bond donors (Lipinski definition) is 2. The number of hydrogen-bond acceptors (Lipinski definition) is 6. The van der Waals surface area contributed by atoms with Crippen molar-refractivity contribution < 1.29 is 9.90 Å². The molecule has 2 amide bonds. The van der Waals surface area contributed by atoms with Crippen molar-refractivity contribution in [3.8, 4) is 0 Å². The summed E-state index contributed by atoms with van der Waals surface area (Å²) in [6, 6.07) is 11.9. The van der Waals surface area contributed by atoms with Gasteiger partial charge in [-0.1, -0.05) is 43.2 Å². The van der Waals surface area contributed by atoms with Gasteiger partial charge in [-0.3, -0.25) is 9.36 Å². The number of rotatable bonds is 4. The van der Waals surface area contributed by atoms with Gasteiger partial charge >= 0.3 is 6.03 Å². The van der Waals surface area contributed by atoms with Crippen LogP contribution in [0.15, 0.2) is 47.5 Å². The molecule has 4 heterocycles. The Morgan fingerprint density at radius 3 is 2.51 bits per heavy atom. The SMILES string of the molecule is O=C(N1CCC(O)(Cn2cnc(N3CCCCC3)cc2=O)C2(CCCC2)C1)N1CCNCC1c1ccccc1. The van der Waals surface area contributed by atoms with Gasteiger partial charge in [0.2, 0.25) is 0 Å². The number of carbonyl (C=O) groups is 1. The van der Waals surface area contributed by atoms with Crippen LogP contribution in [0.1, 0.15) is 63.0 Å². The Morgan fingerprint density at radius 2 is 1.77 bits per heavy atom. The molecule has 6 rings (SSSR count). The molecule has 2 atom stereocenters. The second-order valence-corrected chi connectivity index (χ2v) is 12.1. The zero-order valence-electron chi connectivity index (χ0n) is 22.9. The van der Waals surface area contributed by atoms with Crippen molar-refractivity contribution in [2.45, 2.75) is 69.6 Å². The number of amides is 2. The zero-order valence-corrected chi connectivity index (χ0v) is 22.9. The van der Waals surface area contributed by atoms with Crippen LogP contribution < -0.4 is 15.8 Å². The van der Waals surface area contributed by atoms with Crippen LogP contribution >= 0.6 is 0 Å². The first kappa shape index (κ1) is 26.3. The quantitative estimate of drug-likeness (QED) is 0.627. The molecule has 1 aromatic heterocycles. The molecular weight excluding hydrogens is 492 g/mol. The minimum absolute atomic E-state index is 0.00383. The van der Waals surface area contributed by atoms with Gasteiger partial charge in [0.1, 0.15) is 5.82 Å². The molecule has 4 aliphatic rings. The molecule has 1 spiro atoms. The molecule has 0 bridgehead atoms. The van der Waals surface area contributed by atoms with Crippen LogP contribution in [0.5, 0.6) is 0 Å². The lowest BCUT2D eigenvalue weighted by Gasteiger charge is -2.53. The molecular formula is C30H42N6O3. The molecule has 3 saturated heterocycles. The number of anilines is 1. The highest BCUT2D eigenvalue weighted by atomic mass is 16.3. The van der Waals surface area contributed by atoms with Crippen molar-refractivity contribution in [2.24, 2.45) is 5.41 Å². The highest BCUT2D eigenvalue weighted by Crippen LogP contribution is 2.51. The van der Waals surface area contributed by atoms with E-state index in [-0.39, 0.29) is 24.2 Å². The summed E-state index contributed by atoms with van der Waals surface area (Å²) in [5.74, 6) is 0.739. The lowest BCUT2D eigenvalue weighted by Crippen LogP contribution is -2.64. The van der Waals surface area contributed by atoms with E-state index >= 15 is 0 Å². The topological polar surface area (TPSA) is 93.9 Å². The van der Waals surface area contributed by atoms with E-state index in [1.54, 1.807) is 17.0 Å². The van der Waals surface area contributed by atoms with Crippen LogP contribution in [0.2, 0.25) is 0 Å². The number of piperidine rings is 2. The molecule has 210 valence electrons. The second-order valence-electron chi connectivity index (χ2n) is 12.1. The minimum Gasteiger partial charge on any atom is -0.387 e. The number of nitrogens with zero attached hydrogens (tertiary/aromatic N) is 5. The Kier molecular flexibility index (Phi) is 7.37. The van der Waals surface area contributed by atoms with Gasteiger partial charge < -0.3 is 25.1 Å². The largest absolute Gasteiger partial charge is 0.387 e. The van der Waals surface area contributed by atoms with Crippen LogP contribution in [0.4, 0.5) is 10.6 Å². The second kappa shape index (κ2) is 10.9. The first-order chi connectivity index (χ1) is 19.0. The maximum absolute atomic E-state index is 14.0. The average Bonchev–Trinajstić information content (AvgIpc) is 3.46. The number of nitrogens with one attached hydrogen (secondary N) is 1. The highest BCUT2D eigenvalue weighted by molar-refractivity contribution is 5.75. The van der Waals surface area contributed by atoms with E-state index in [1.807, 2.05) is 28.0 Å². The number of urea groups is 1. The van der Waals surface area contributed by atoms with Gasteiger partial charge in [-0.2, -0.15) is 0 Å². The summed E-state index contributed by atoms with van der Waals surface area (Å²) < 4.78 is 1.59. The smallest absolute Gasteiger partial charge is 0.320 e. The molecule has 2 unspecified atom stereocenters. The summed E-state index contributed by atoms with van der Waals surface area (Å²) in [7, 11) is 0. The van der Waals surface area contributed by atoms with Crippen molar-refractivity contribution in [3.63, 3.8) is 0 Å². The average molecular weight is 535 g/mol. The van der Waals surface area contributed by atoms with E-state index in [2.05, 4.69) is 27.3 Å². The molecule has 39 heavy (non-hydrogen) atoms. The summed E-state index contributed by atoms with van der Waals surface area (Å²) >= 11 is 0. The predicted molar refractivity (Wildman–Crippen MR) is 151 cm³/mol. The van der Waals surface area contributed by atoms with E-state index < -0.39 is 11.0 Å². The normalized spacial score (nSPS) is 27.2. The number of carbonyl (C=O) groups excluding carboxylic acids is 1. The third kappa shape index (κ3) is 5.07. The summed E-state index contributed by atoms with van der Waals surface area (Å²) in [5, 5.41) is 15.6. The molecule has 2 N–H and O–H groups in total. The van der Waals surface area contributed by atoms with Gasteiger partial charge in [-0.25, -0.2) is 9.78 Å². The van der Waals surface area contributed by atoms with Gasteiger partial charge in [-0.15, -0.1) is 0 Å². The standard InChI is InChI=1S/C30H42N6O3/c37-27-19-26(33-15-7-2-8-16-33)32-23-35(27)22-30(39)13-17-34(21-29(30)11-5-6-12-29)28(38)36-18-14-31-20-25(36)24-9-3-1-4-10-24/h1,3-4,9-10,19,23,25,31,39H,2,5-8,11-18,20-22H2. The molecule has 9 nitrogen and oxygen atoms in total. The molecule has 4 fully saturated rings. The Balaban J connectivity index is 1.20. The molecule has 9 heteroatoms. The van der Waals surface area contributed by atoms with E-state index in [9.17, 15) is 14.7 Å². The Bertz CT molecular complexity index is 1210. The van der Waals surface area contributed by atoms with Crippen LogP contribution in [0.25, 0.3) is 0 Å². The lowest BCUT2D eigenvalue weighted by molar-refractivity contribution is -0.137. The predicted octanol–water partition coefficient (Wildman–Crippen LogP) is 3.00. The third-order valence-corrected chi connectivity index (χ3v) is 9.76. The van der Waals surface area contributed by atoms with Crippen molar-refractivity contribution >= 4 is 11.8 Å². The van der Waals surface area contributed by atoms with Gasteiger partial charge in [0.05, 0.1) is 24.5 Å². The summed E-state index contributed by atoms with van der Waals surface area (Å²) in [5.41, 5.74) is -0.442. The molecule has 1 aliphatic carbocycles. The Morgan fingerprint density at radius 1 is 1.00 bits per heavy atom. The number of aromatic nitrogens is 2. The van der Waals surface area contributed by atoms with Crippen molar-refractivity contribution in [3.05, 3.63) is 58.6 Å². The van der Waals surface area contributed by atoms with Gasteiger partial charge in [0.15, 0.2) is 0 Å². The monoisotopic (exact) mass is 534 g/mol. The van der Waals surface area contributed by atoms with Gasteiger partial charge in [0.25, 0.3) is 5.56 Å². The number of benzene rings is 1. The summed E-state index contributed by atoms with van der Waals surface area (Å²) in [4.78, 5) is 37.9.